The van der Waals surface area contributed by atoms with Crippen LogP contribution in [0.5, 0.6) is 0 Å². The van der Waals surface area contributed by atoms with Crippen LogP contribution in [0.2, 0.25) is 0 Å². The van der Waals surface area contributed by atoms with E-state index >= 15 is 0 Å². The second kappa shape index (κ2) is 4.48. The highest BCUT2D eigenvalue weighted by Crippen LogP contribution is 2.26. The molecular formula is C14H18N2O. The lowest BCUT2D eigenvalue weighted by Crippen LogP contribution is -2.60. The van der Waals surface area contributed by atoms with Gasteiger partial charge in [-0.2, -0.15) is 5.26 Å². The molecule has 0 radical (unpaired) electrons. The number of aliphatic hydroxyl groups is 1. The first kappa shape index (κ1) is 12.1. The van der Waals surface area contributed by atoms with Crippen molar-refractivity contribution in [2.45, 2.75) is 32.4 Å². The highest BCUT2D eigenvalue weighted by atomic mass is 16.3. The molecule has 3 heteroatoms. The number of rotatable bonds is 3. The average Bonchev–Trinajstić information content (AvgIpc) is 2.29. The van der Waals surface area contributed by atoms with Gasteiger partial charge in [0.05, 0.1) is 17.2 Å². The van der Waals surface area contributed by atoms with Crippen LogP contribution in [-0.4, -0.2) is 28.7 Å². The minimum atomic E-state index is -0.472. The van der Waals surface area contributed by atoms with Crippen molar-refractivity contribution < 1.29 is 5.11 Å². The molecule has 3 nitrogen and oxygen atoms in total. The van der Waals surface area contributed by atoms with Crippen LogP contribution in [0.15, 0.2) is 18.2 Å². The smallest absolute Gasteiger partial charge is 0.0991 e. The summed E-state index contributed by atoms with van der Waals surface area (Å²) < 4.78 is 0. The van der Waals surface area contributed by atoms with Gasteiger partial charge in [-0.1, -0.05) is 13.0 Å². The van der Waals surface area contributed by atoms with E-state index in [2.05, 4.69) is 11.0 Å². The summed E-state index contributed by atoms with van der Waals surface area (Å²) in [6, 6.07) is 7.93. The normalized spacial score (nSPS) is 18.5. The van der Waals surface area contributed by atoms with Gasteiger partial charge in [0.25, 0.3) is 0 Å². The molecule has 1 aliphatic heterocycles. The number of nitrogens with zero attached hydrogens (tertiary/aromatic N) is 2. The van der Waals surface area contributed by atoms with Crippen LogP contribution in [0.3, 0.4) is 0 Å². The van der Waals surface area contributed by atoms with Crippen molar-refractivity contribution in [2.75, 3.05) is 13.1 Å². The van der Waals surface area contributed by atoms with Gasteiger partial charge in [0.2, 0.25) is 0 Å². The standard InChI is InChI=1S/C14H18N2O/c1-3-14(17)9-16(10-14)8-13-5-4-12(7-15)6-11(13)2/h4-6,17H,3,8-10H2,1-2H3. The lowest BCUT2D eigenvalue weighted by molar-refractivity contribution is -0.103. The van der Waals surface area contributed by atoms with E-state index in [0.717, 1.165) is 31.6 Å². The molecular weight excluding hydrogens is 212 g/mol. The molecule has 0 amide bonds. The number of β-amino-alcohol motifs (C(OH)–C–C–N with tert-alkyl or cyclic N) is 1. The number of likely N-dealkylation sites (tertiary alicyclic amines) is 1. The summed E-state index contributed by atoms with van der Waals surface area (Å²) in [5.41, 5.74) is 2.62. The van der Waals surface area contributed by atoms with Crippen LogP contribution in [0.1, 0.15) is 30.0 Å². The van der Waals surface area contributed by atoms with Crippen LogP contribution in [0, 0.1) is 18.3 Å². The van der Waals surface area contributed by atoms with E-state index in [4.69, 9.17) is 5.26 Å². The summed E-state index contributed by atoms with van der Waals surface area (Å²) in [7, 11) is 0. The molecule has 90 valence electrons. The van der Waals surface area contributed by atoms with Gasteiger partial charge in [0.15, 0.2) is 0 Å². The first-order valence-corrected chi connectivity index (χ1v) is 6.01. The Balaban J connectivity index is 2.00. The van der Waals surface area contributed by atoms with Crippen LogP contribution in [0.4, 0.5) is 0 Å². The quantitative estimate of drug-likeness (QED) is 0.861. The Hall–Kier alpha value is -1.37. The van der Waals surface area contributed by atoms with Crippen molar-refractivity contribution in [3.05, 3.63) is 34.9 Å². The Morgan fingerprint density at radius 3 is 2.71 bits per heavy atom. The van der Waals surface area contributed by atoms with E-state index in [1.807, 2.05) is 32.0 Å². The molecule has 1 heterocycles. The fourth-order valence-corrected chi connectivity index (χ4v) is 2.31. The molecule has 17 heavy (non-hydrogen) atoms. The Kier molecular flexibility index (Phi) is 3.19. The third-order valence-electron chi connectivity index (χ3n) is 3.56. The van der Waals surface area contributed by atoms with E-state index in [0.29, 0.717) is 5.56 Å². The van der Waals surface area contributed by atoms with E-state index in [1.54, 1.807) is 0 Å². The predicted molar refractivity (Wildman–Crippen MR) is 66.4 cm³/mol. The second-order valence-electron chi connectivity index (χ2n) is 4.98. The highest BCUT2D eigenvalue weighted by Gasteiger charge is 2.39. The van der Waals surface area contributed by atoms with Crippen LogP contribution in [-0.2, 0) is 6.54 Å². The predicted octanol–water partition coefficient (Wildman–Crippen LogP) is 1.82. The number of benzene rings is 1. The fourth-order valence-electron chi connectivity index (χ4n) is 2.31. The zero-order valence-electron chi connectivity index (χ0n) is 10.4. The first-order chi connectivity index (χ1) is 8.06. The van der Waals surface area contributed by atoms with Crippen LogP contribution in [0.25, 0.3) is 0 Å². The van der Waals surface area contributed by atoms with E-state index in [-0.39, 0.29) is 0 Å². The molecule has 1 aromatic rings. The number of nitriles is 1. The summed E-state index contributed by atoms with van der Waals surface area (Å²) in [6.45, 7) is 6.41. The van der Waals surface area contributed by atoms with Gasteiger partial charge in [0, 0.05) is 19.6 Å². The monoisotopic (exact) mass is 230 g/mol. The topological polar surface area (TPSA) is 47.3 Å². The first-order valence-electron chi connectivity index (χ1n) is 6.01. The van der Waals surface area contributed by atoms with Crippen molar-refractivity contribution in [1.29, 1.82) is 5.26 Å². The molecule has 0 bridgehead atoms. The van der Waals surface area contributed by atoms with Gasteiger partial charge >= 0.3 is 0 Å². The molecule has 0 aliphatic carbocycles. The Morgan fingerprint density at radius 1 is 1.47 bits per heavy atom. The summed E-state index contributed by atoms with van der Waals surface area (Å²) >= 11 is 0. The summed E-state index contributed by atoms with van der Waals surface area (Å²) in [5.74, 6) is 0. The zero-order chi connectivity index (χ0) is 12.5. The number of hydrogen-bond acceptors (Lipinski definition) is 3. The Morgan fingerprint density at radius 2 is 2.18 bits per heavy atom. The van der Waals surface area contributed by atoms with Gasteiger partial charge < -0.3 is 5.11 Å². The van der Waals surface area contributed by atoms with E-state index in [1.165, 1.54) is 5.56 Å². The molecule has 0 atom stereocenters. The van der Waals surface area contributed by atoms with Crippen LogP contribution >= 0.6 is 0 Å². The van der Waals surface area contributed by atoms with Crippen molar-refractivity contribution in [3.8, 4) is 6.07 Å². The molecule has 0 saturated carbocycles. The maximum absolute atomic E-state index is 9.93. The van der Waals surface area contributed by atoms with Crippen molar-refractivity contribution >= 4 is 0 Å². The lowest BCUT2D eigenvalue weighted by atomic mass is 9.90. The van der Waals surface area contributed by atoms with Gasteiger partial charge in [-0.25, -0.2) is 0 Å². The van der Waals surface area contributed by atoms with Gasteiger partial charge in [-0.15, -0.1) is 0 Å². The van der Waals surface area contributed by atoms with Crippen LogP contribution < -0.4 is 0 Å². The third-order valence-corrected chi connectivity index (χ3v) is 3.56. The molecule has 1 fully saturated rings. The van der Waals surface area contributed by atoms with E-state index in [9.17, 15) is 5.11 Å². The average molecular weight is 230 g/mol. The fraction of sp³-hybridized carbons (Fsp3) is 0.500. The summed E-state index contributed by atoms with van der Waals surface area (Å²) in [6.07, 6.45) is 0.815. The largest absolute Gasteiger partial charge is 0.387 e. The second-order valence-corrected chi connectivity index (χ2v) is 4.98. The lowest BCUT2D eigenvalue weighted by Gasteiger charge is -2.46. The molecule has 0 unspecified atom stereocenters. The minimum Gasteiger partial charge on any atom is -0.387 e. The molecule has 0 aromatic heterocycles. The van der Waals surface area contributed by atoms with Crippen molar-refractivity contribution in [2.24, 2.45) is 0 Å². The maximum atomic E-state index is 9.93. The third kappa shape index (κ3) is 2.49. The Labute approximate surface area is 102 Å². The van der Waals surface area contributed by atoms with Gasteiger partial charge in [-0.3, -0.25) is 4.90 Å². The molecule has 1 N–H and O–H groups in total. The minimum absolute atomic E-state index is 0.472. The molecule has 0 spiro atoms. The maximum Gasteiger partial charge on any atom is 0.0991 e. The van der Waals surface area contributed by atoms with Crippen molar-refractivity contribution in [3.63, 3.8) is 0 Å². The Bertz CT molecular complexity index is 456. The zero-order valence-corrected chi connectivity index (χ0v) is 10.4. The van der Waals surface area contributed by atoms with Crippen molar-refractivity contribution in [1.82, 2.24) is 4.90 Å². The van der Waals surface area contributed by atoms with Gasteiger partial charge in [0.1, 0.15) is 0 Å². The molecule has 1 saturated heterocycles. The summed E-state index contributed by atoms with van der Waals surface area (Å²) in [5, 5.41) is 18.7. The molecule has 2 rings (SSSR count). The number of hydrogen-bond donors (Lipinski definition) is 1. The number of aryl methyl sites for hydroxylation is 1. The molecule has 1 aromatic carbocycles. The highest BCUT2D eigenvalue weighted by molar-refractivity contribution is 5.37. The molecule has 1 aliphatic rings. The van der Waals surface area contributed by atoms with Gasteiger partial charge in [-0.05, 0) is 36.6 Å². The van der Waals surface area contributed by atoms with E-state index < -0.39 is 5.60 Å². The summed E-state index contributed by atoms with van der Waals surface area (Å²) in [4.78, 5) is 2.23. The SMILES string of the molecule is CCC1(O)CN(Cc2ccc(C#N)cc2C)C1.